The Balaban J connectivity index is 1.43. The fourth-order valence-electron chi connectivity index (χ4n) is 4.70. The van der Waals surface area contributed by atoms with E-state index in [0.717, 1.165) is 58.0 Å². The zero-order valence-electron chi connectivity index (χ0n) is 19.3. The van der Waals surface area contributed by atoms with Crippen LogP contribution in [0.25, 0.3) is 11.1 Å². The maximum absolute atomic E-state index is 13.2. The SMILES string of the molecule is COc1ccc(NC(=O)C2=N[C@@H](C)c3ccc(-c4cncc(N5CCCC5)c4)cc32)cc1C. The van der Waals surface area contributed by atoms with Gasteiger partial charge in [-0.25, -0.2) is 0 Å². The number of nitrogens with one attached hydrogen (secondary N) is 1. The van der Waals surface area contributed by atoms with Crippen molar-refractivity contribution in [3.63, 3.8) is 0 Å². The minimum atomic E-state index is -0.203. The second kappa shape index (κ2) is 8.70. The quantitative estimate of drug-likeness (QED) is 0.595. The number of aliphatic imine (C=N–C) groups is 1. The van der Waals surface area contributed by atoms with E-state index in [-0.39, 0.29) is 11.9 Å². The molecule has 6 nitrogen and oxygen atoms in total. The molecule has 1 atom stereocenters. The van der Waals surface area contributed by atoms with Crippen LogP contribution in [-0.2, 0) is 4.79 Å². The molecule has 6 heteroatoms. The highest BCUT2D eigenvalue weighted by Gasteiger charge is 2.27. The van der Waals surface area contributed by atoms with Crippen molar-refractivity contribution in [3.05, 3.63) is 71.5 Å². The van der Waals surface area contributed by atoms with E-state index in [1.165, 1.54) is 12.8 Å². The number of amides is 1. The van der Waals surface area contributed by atoms with Crippen molar-refractivity contribution in [1.29, 1.82) is 0 Å². The molecule has 1 fully saturated rings. The number of carbonyl (C=O) groups is 1. The van der Waals surface area contributed by atoms with Crippen molar-refractivity contribution in [1.82, 2.24) is 4.98 Å². The Hall–Kier alpha value is -3.67. The summed E-state index contributed by atoms with van der Waals surface area (Å²) in [5, 5.41) is 3.00. The van der Waals surface area contributed by atoms with Gasteiger partial charge in [0.15, 0.2) is 0 Å². The molecule has 1 amide bonds. The Labute approximate surface area is 194 Å². The van der Waals surface area contributed by atoms with Crippen molar-refractivity contribution in [2.75, 3.05) is 30.4 Å². The molecule has 3 heterocycles. The highest BCUT2D eigenvalue weighted by molar-refractivity contribution is 6.50. The van der Waals surface area contributed by atoms with E-state index in [1.807, 2.05) is 44.4 Å². The van der Waals surface area contributed by atoms with E-state index in [2.05, 4.69) is 44.5 Å². The summed E-state index contributed by atoms with van der Waals surface area (Å²) in [5.74, 6) is 0.589. The van der Waals surface area contributed by atoms with Crippen LogP contribution < -0.4 is 15.0 Å². The first-order valence-electron chi connectivity index (χ1n) is 11.4. The number of ether oxygens (including phenoxy) is 1. The van der Waals surface area contributed by atoms with Gasteiger partial charge in [0, 0.05) is 36.1 Å². The van der Waals surface area contributed by atoms with E-state index in [0.29, 0.717) is 5.71 Å². The number of aromatic nitrogens is 1. The molecule has 33 heavy (non-hydrogen) atoms. The average molecular weight is 441 g/mol. The number of methoxy groups -OCH3 is 1. The van der Waals surface area contributed by atoms with Gasteiger partial charge in [-0.1, -0.05) is 12.1 Å². The van der Waals surface area contributed by atoms with Crippen LogP contribution in [0.1, 0.15) is 42.5 Å². The van der Waals surface area contributed by atoms with E-state index in [4.69, 9.17) is 4.74 Å². The van der Waals surface area contributed by atoms with E-state index in [1.54, 1.807) is 7.11 Å². The molecule has 3 aromatic rings. The number of aryl methyl sites for hydroxylation is 1. The largest absolute Gasteiger partial charge is 0.496 e. The molecule has 0 radical (unpaired) electrons. The number of anilines is 2. The maximum Gasteiger partial charge on any atom is 0.274 e. The third-order valence-corrected chi connectivity index (χ3v) is 6.48. The lowest BCUT2D eigenvalue weighted by Gasteiger charge is -2.18. The van der Waals surface area contributed by atoms with Crippen LogP contribution in [0.4, 0.5) is 11.4 Å². The molecule has 1 N–H and O–H groups in total. The molecule has 168 valence electrons. The fraction of sp³-hybridized carbons (Fsp3) is 0.296. The topological polar surface area (TPSA) is 66.8 Å². The molecular weight excluding hydrogens is 412 g/mol. The number of pyridine rings is 1. The lowest BCUT2D eigenvalue weighted by Crippen LogP contribution is -2.22. The van der Waals surface area contributed by atoms with Gasteiger partial charge in [-0.15, -0.1) is 0 Å². The first kappa shape index (κ1) is 21.2. The summed E-state index contributed by atoms with van der Waals surface area (Å²) in [6.45, 7) is 6.13. The van der Waals surface area contributed by atoms with Gasteiger partial charge in [0.1, 0.15) is 11.5 Å². The third kappa shape index (κ3) is 4.09. The van der Waals surface area contributed by atoms with Crippen molar-refractivity contribution in [2.45, 2.75) is 32.7 Å². The van der Waals surface area contributed by atoms with Gasteiger partial charge in [0.05, 0.1) is 25.0 Å². The van der Waals surface area contributed by atoms with Gasteiger partial charge in [-0.2, -0.15) is 0 Å². The Morgan fingerprint density at radius 2 is 1.88 bits per heavy atom. The zero-order valence-corrected chi connectivity index (χ0v) is 19.3. The number of hydrogen-bond acceptors (Lipinski definition) is 5. The second-order valence-corrected chi connectivity index (χ2v) is 8.72. The van der Waals surface area contributed by atoms with Crippen molar-refractivity contribution in [3.8, 4) is 16.9 Å². The normalized spacial score (nSPS) is 17.0. The van der Waals surface area contributed by atoms with Gasteiger partial charge >= 0.3 is 0 Å². The maximum atomic E-state index is 13.2. The average Bonchev–Trinajstić information content (AvgIpc) is 3.48. The number of fused-ring (bicyclic) bond motifs is 1. The Morgan fingerprint density at radius 3 is 2.64 bits per heavy atom. The first-order valence-corrected chi connectivity index (χ1v) is 11.4. The van der Waals surface area contributed by atoms with Gasteiger partial charge in [-0.3, -0.25) is 14.8 Å². The zero-order chi connectivity index (χ0) is 22.9. The molecule has 2 aliphatic heterocycles. The smallest absolute Gasteiger partial charge is 0.274 e. The molecular formula is C27H28N4O2. The summed E-state index contributed by atoms with van der Waals surface area (Å²) in [6.07, 6.45) is 6.27. The molecule has 2 aromatic carbocycles. The van der Waals surface area contributed by atoms with E-state index < -0.39 is 0 Å². The van der Waals surface area contributed by atoms with Crippen LogP contribution >= 0.6 is 0 Å². The number of carbonyl (C=O) groups excluding carboxylic acids is 1. The summed E-state index contributed by atoms with van der Waals surface area (Å²) in [7, 11) is 1.64. The van der Waals surface area contributed by atoms with E-state index in [9.17, 15) is 4.79 Å². The predicted octanol–water partition coefficient (Wildman–Crippen LogP) is 5.17. The van der Waals surface area contributed by atoms with Gasteiger partial charge in [-0.05, 0) is 73.7 Å². The van der Waals surface area contributed by atoms with Crippen LogP contribution in [0.3, 0.4) is 0 Å². The van der Waals surface area contributed by atoms with Crippen molar-refractivity contribution >= 4 is 23.0 Å². The minimum absolute atomic E-state index is 0.0542. The monoisotopic (exact) mass is 440 g/mol. The van der Waals surface area contributed by atoms with Crippen molar-refractivity contribution < 1.29 is 9.53 Å². The highest BCUT2D eigenvalue weighted by atomic mass is 16.5. The standard InChI is InChI=1S/C27H28N4O2/c1-17-12-21(7-9-25(17)33-3)30-27(32)26-24-14-19(6-8-23(24)18(2)29-26)20-13-22(16-28-15-20)31-10-4-5-11-31/h6-9,12-16,18H,4-5,10-11H2,1-3H3,(H,30,32)/t18-/m0/s1. The number of nitrogens with zero attached hydrogens (tertiary/aromatic N) is 3. The lowest BCUT2D eigenvalue weighted by molar-refractivity contribution is -0.110. The first-order chi connectivity index (χ1) is 16.0. The van der Waals surface area contributed by atoms with Crippen LogP contribution in [0, 0.1) is 6.92 Å². The van der Waals surface area contributed by atoms with Gasteiger partial charge in [0.25, 0.3) is 5.91 Å². The van der Waals surface area contributed by atoms with Crippen molar-refractivity contribution in [2.24, 2.45) is 4.99 Å². The summed E-state index contributed by atoms with van der Waals surface area (Å²) in [4.78, 5) is 24.7. The summed E-state index contributed by atoms with van der Waals surface area (Å²) >= 11 is 0. The molecule has 0 unspecified atom stereocenters. The Morgan fingerprint density at radius 1 is 1.06 bits per heavy atom. The number of rotatable bonds is 5. The summed E-state index contributed by atoms with van der Waals surface area (Å²) < 4.78 is 5.32. The lowest BCUT2D eigenvalue weighted by atomic mass is 9.96. The van der Waals surface area contributed by atoms with Gasteiger partial charge < -0.3 is 15.0 Å². The van der Waals surface area contributed by atoms with Crippen LogP contribution in [0.5, 0.6) is 5.75 Å². The minimum Gasteiger partial charge on any atom is -0.496 e. The fourth-order valence-corrected chi connectivity index (χ4v) is 4.70. The van der Waals surface area contributed by atoms with Gasteiger partial charge in [0.2, 0.25) is 0 Å². The summed E-state index contributed by atoms with van der Waals surface area (Å²) in [6, 6.07) is 14.0. The van der Waals surface area contributed by atoms with E-state index >= 15 is 0 Å². The molecule has 1 saturated heterocycles. The number of hydrogen-bond donors (Lipinski definition) is 1. The predicted molar refractivity (Wildman–Crippen MR) is 132 cm³/mol. The van der Waals surface area contributed by atoms with Crippen LogP contribution in [0.15, 0.2) is 59.9 Å². The van der Waals surface area contributed by atoms with Crippen LogP contribution in [-0.4, -0.2) is 36.8 Å². The number of benzene rings is 2. The second-order valence-electron chi connectivity index (χ2n) is 8.72. The third-order valence-electron chi connectivity index (χ3n) is 6.48. The molecule has 0 bridgehead atoms. The molecule has 0 aliphatic carbocycles. The molecule has 1 aromatic heterocycles. The Bertz CT molecular complexity index is 1240. The highest BCUT2D eigenvalue weighted by Crippen LogP contribution is 2.34. The summed E-state index contributed by atoms with van der Waals surface area (Å²) in [5.41, 5.74) is 7.35. The molecule has 5 rings (SSSR count). The molecule has 2 aliphatic rings. The molecule has 0 spiro atoms. The van der Waals surface area contributed by atoms with Crippen LogP contribution in [0.2, 0.25) is 0 Å². The Kier molecular flexibility index (Phi) is 5.58. The molecule has 0 saturated carbocycles.